The number of carbonyl (C=O) groups excluding carboxylic acids is 2. The molecule has 0 atom stereocenters. The van der Waals surface area contributed by atoms with E-state index in [0.29, 0.717) is 22.3 Å². The van der Waals surface area contributed by atoms with Crippen LogP contribution in [0.2, 0.25) is 0 Å². The van der Waals surface area contributed by atoms with E-state index < -0.39 is 28.9 Å². The first-order chi connectivity index (χ1) is 11.9. The van der Waals surface area contributed by atoms with Crippen molar-refractivity contribution in [2.45, 2.75) is 45.0 Å². The standard InChI is InChI=1S/C21H24O5/c1-20(2,25)18(23)15-9-5-13(6-10-15)17(22)14-7-11-16(12-8-14)19(24)21(3,4)26/h5-12,17,22,25-26H,1-4H3. The van der Waals surface area contributed by atoms with Gasteiger partial charge in [-0.2, -0.15) is 0 Å². The first-order valence-corrected chi connectivity index (χ1v) is 8.33. The molecule has 3 N–H and O–H groups in total. The highest BCUT2D eigenvalue weighted by Crippen LogP contribution is 2.24. The van der Waals surface area contributed by atoms with Crippen LogP contribution in [0.4, 0.5) is 0 Å². The topological polar surface area (TPSA) is 94.8 Å². The van der Waals surface area contributed by atoms with E-state index in [-0.39, 0.29) is 0 Å². The van der Waals surface area contributed by atoms with Crippen LogP contribution in [0, 0.1) is 0 Å². The maximum Gasteiger partial charge on any atom is 0.193 e. The summed E-state index contributed by atoms with van der Waals surface area (Å²) >= 11 is 0. The Morgan fingerprint density at radius 3 is 1.19 bits per heavy atom. The molecule has 0 amide bonds. The third kappa shape index (κ3) is 4.43. The zero-order chi connectivity index (χ0) is 19.7. The number of hydrogen-bond acceptors (Lipinski definition) is 5. The van der Waals surface area contributed by atoms with Gasteiger partial charge >= 0.3 is 0 Å². The Morgan fingerprint density at radius 1 is 0.692 bits per heavy atom. The van der Waals surface area contributed by atoms with Gasteiger partial charge in [0.2, 0.25) is 0 Å². The van der Waals surface area contributed by atoms with E-state index in [4.69, 9.17) is 0 Å². The molecule has 138 valence electrons. The molecule has 2 aromatic rings. The summed E-state index contributed by atoms with van der Waals surface area (Å²) in [6.45, 7) is 5.70. The van der Waals surface area contributed by atoms with Crippen molar-refractivity contribution in [3.05, 3.63) is 70.8 Å². The summed E-state index contributed by atoms with van der Waals surface area (Å²) in [5.74, 6) is -0.791. The second-order valence-electron chi connectivity index (χ2n) is 7.42. The van der Waals surface area contributed by atoms with Crippen LogP contribution in [0.3, 0.4) is 0 Å². The summed E-state index contributed by atoms with van der Waals surface area (Å²) < 4.78 is 0. The van der Waals surface area contributed by atoms with Gasteiger partial charge in [0.1, 0.15) is 17.3 Å². The van der Waals surface area contributed by atoms with Gasteiger partial charge in [-0.1, -0.05) is 48.5 Å². The molecule has 0 saturated carbocycles. The van der Waals surface area contributed by atoms with Crippen molar-refractivity contribution in [3.63, 3.8) is 0 Å². The minimum Gasteiger partial charge on any atom is -0.384 e. The Kier molecular flexibility index (Phi) is 5.47. The largest absolute Gasteiger partial charge is 0.384 e. The zero-order valence-corrected chi connectivity index (χ0v) is 15.4. The van der Waals surface area contributed by atoms with Crippen LogP contribution in [-0.2, 0) is 0 Å². The molecule has 2 rings (SSSR count). The summed E-state index contributed by atoms with van der Waals surface area (Å²) in [4.78, 5) is 24.1. The van der Waals surface area contributed by atoms with Gasteiger partial charge in [0, 0.05) is 11.1 Å². The highest BCUT2D eigenvalue weighted by Gasteiger charge is 2.26. The van der Waals surface area contributed by atoms with E-state index >= 15 is 0 Å². The lowest BCUT2D eigenvalue weighted by atomic mass is 9.93. The van der Waals surface area contributed by atoms with Gasteiger partial charge in [-0.3, -0.25) is 9.59 Å². The molecule has 0 spiro atoms. The number of rotatable bonds is 6. The number of benzene rings is 2. The molecule has 0 bridgehead atoms. The Hall–Kier alpha value is -2.34. The molecule has 26 heavy (non-hydrogen) atoms. The maximum absolute atomic E-state index is 12.0. The Bertz CT molecular complexity index is 721. The second kappa shape index (κ2) is 7.11. The number of Topliss-reactive ketones (excluding diaryl/α,β-unsaturated/α-hetero) is 2. The van der Waals surface area contributed by atoms with Crippen LogP contribution in [0.25, 0.3) is 0 Å². The van der Waals surface area contributed by atoms with Crippen molar-refractivity contribution >= 4 is 11.6 Å². The fraction of sp³-hybridized carbons (Fsp3) is 0.333. The smallest absolute Gasteiger partial charge is 0.193 e. The first-order valence-electron chi connectivity index (χ1n) is 8.33. The number of ketones is 2. The average Bonchev–Trinajstić information content (AvgIpc) is 2.58. The minimum absolute atomic E-state index is 0.361. The van der Waals surface area contributed by atoms with Gasteiger partial charge in [0.05, 0.1) is 0 Å². The molecule has 0 unspecified atom stereocenters. The van der Waals surface area contributed by atoms with E-state index in [1.54, 1.807) is 48.5 Å². The Labute approximate surface area is 152 Å². The van der Waals surface area contributed by atoms with E-state index in [2.05, 4.69) is 0 Å². The van der Waals surface area contributed by atoms with Gasteiger partial charge < -0.3 is 15.3 Å². The average molecular weight is 356 g/mol. The van der Waals surface area contributed by atoms with Gasteiger partial charge in [-0.05, 0) is 38.8 Å². The summed E-state index contributed by atoms with van der Waals surface area (Å²) in [7, 11) is 0. The molecule has 0 aliphatic rings. The predicted molar refractivity (Wildman–Crippen MR) is 98.2 cm³/mol. The lowest BCUT2D eigenvalue weighted by molar-refractivity contribution is 0.0487. The molecule has 5 nitrogen and oxygen atoms in total. The SMILES string of the molecule is CC(C)(O)C(=O)c1ccc(C(O)c2ccc(C(=O)C(C)(C)O)cc2)cc1. The molecule has 0 heterocycles. The number of carbonyl (C=O) groups is 2. The molecule has 0 radical (unpaired) electrons. The molecule has 5 heteroatoms. The summed E-state index contributed by atoms with van der Waals surface area (Å²) in [5.41, 5.74) is -1.02. The lowest BCUT2D eigenvalue weighted by Gasteiger charge is -2.17. The molecule has 0 aliphatic heterocycles. The van der Waals surface area contributed by atoms with Crippen molar-refractivity contribution in [1.82, 2.24) is 0 Å². The fourth-order valence-electron chi connectivity index (χ4n) is 2.53. The van der Waals surface area contributed by atoms with Crippen molar-refractivity contribution in [2.75, 3.05) is 0 Å². The highest BCUT2D eigenvalue weighted by molar-refractivity contribution is 6.02. The van der Waals surface area contributed by atoms with Gasteiger partial charge in [-0.15, -0.1) is 0 Å². The van der Waals surface area contributed by atoms with Crippen LogP contribution in [0.1, 0.15) is 65.6 Å². The van der Waals surface area contributed by atoms with E-state index in [0.717, 1.165) is 0 Å². The summed E-state index contributed by atoms with van der Waals surface area (Å²) in [6.07, 6.45) is -0.924. The van der Waals surface area contributed by atoms with E-state index in [1.165, 1.54) is 27.7 Å². The van der Waals surface area contributed by atoms with Gasteiger partial charge in [-0.25, -0.2) is 0 Å². The quantitative estimate of drug-likeness (QED) is 0.692. The van der Waals surface area contributed by atoms with Crippen molar-refractivity contribution in [2.24, 2.45) is 0 Å². The minimum atomic E-state index is -1.46. The van der Waals surface area contributed by atoms with Crippen LogP contribution < -0.4 is 0 Å². The summed E-state index contributed by atoms with van der Waals surface area (Å²) in [5, 5.41) is 30.1. The molecule has 0 fully saturated rings. The van der Waals surface area contributed by atoms with Crippen LogP contribution in [0.15, 0.2) is 48.5 Å². The monoisotopic (exact) mass is 356 g/mol. The van der Waals surface area contributed by atoms with Crippen molar-refractivity contribution in [1.29, 1.82) is 0 Å². The van der Waals surface area contributed by atoms with Crippen molar-refractivity contribution in [3.8, 4) is 0 Å². The number of aliphatic hydroxyl groups excluding tert-OH is 1. The molecule has 0 saturated heterocycles. The summed E-state index contributed by atoms with van der Waals surface area (Å²) in [6, 6.07) is 12.7. The van der Waals surface area contributed by atoms with Crippen LogP contribution in [0.5, 0.6) is 0 Å². The maximum atomic E-state index is 12.0. The van der Waals surface area contributed by atoms with Crippen molar-refractivity contribution < 1.29 is 24.9 Å². The first kappa shape index (κ1) is 20.0. The fourth-order valence-corrected chi connectivity index (χ4v) is 2.53. The molecular formula is C21H24O5. The molecular weight excluding hydrogens is 332 g/mol. The van der Waals surface area contributed by atoms with E-state index in [9.17, 15) is 24.9 Å². The molecule has 0 aliphatic carbocycles. The highest BCUT2D eigenvalue weighted by atomic mass is 16.3. The lowest BCUT2D eigenvalue weighted by Crippen LogP contribution is -2.31. The number of aliphatic hydroxyl groups is 3. The Morgan fingerprint density at radius 2 is 0.962 bits per heavy atom. The van der Waals surface area contributed by atoms with Crippen LogP contribution in [-0.4, -0.2) is 38.1 Å². The van der Waals surface area contributed by atoms with Crippen LogP contribution >= 0.6 is 0 Å². The normalized spacial score (nSPS) is 12.3. The number of hydrogen-bond donors (Lipinski definition) is 3. The zero-order valence-electron chi connectivity index (χ0n) is 15.4. The van der Waals surface area contributed by atoms with Gasteiger partial charge in [0.25, 0.3) is 0 Å². The van der Waals surface area contributed by atoms with Gasteiger partial charge in [0.15, 0.2) is 11.6 Å². The molecule has 0 aromatic heterocycles. The predicted octanol–water partition coefficient (Wildman–Crippen LogP) is 2.68. The third-order valence-electron chi connectivity index (χ3n) is 4.09. The second-order valence-corrected chi connectivity index (χ2v) is 7.42. The molecule has 2 aromatic carbocycles. The third-order valence-corrected chi connectivity index (χ3v) is 4.09. The Balaban J connectivity index is 2.20. The van der Waals surface area contributed by atoms with E-state index in [1.807, 2.05) is 0 Å².